The van der Waals surface area contributed by atoms with E-state index in [9.17, 15) is 9.59 Å². The first-order chi connectivity index (χ1) is 9.99. The summed E-state index contributed by atoms with van der Waals surface area (Å²) in [5, 5.41) is 11.7. The molecule has 1 heterocycles. The summed E-state index contributed by atoms with van der Waals surface area (Å²) in [5.41, 5.74) is 0.579. The standard InChI is InChI=1S/C15H18N2O3S/c1-16(2)7-8-17(9-14(18)19)15(20)12-10-21-13-6-4-3-5-11(12)13/h3-6,10H,7-9H2,1-2H3,(H,18,19). The van der Waals surface area contributed by atoms with Gasteiger partial charge in [-0.25, -0.2) is 0 Å². The first-order valence-electron chi connectivity index (χ1n) is 6.61. The van der Waals surface area contributed by atoms with Crippen LogP contribution in [0.2, 0.25) is 0 Å². The monoisotopic (exact) mass is 306 g/mol. The van der Waals surface area contributed by atoms with Crippen molar-refractivity contribution in [3.8, 4) is 0 Å². The number of carboxylic acid groups (broad SMARTS) is 1. The number of carbonyl (C=O) groups excluding carboxylic acids is 1. The second-order valence-electron chi connectivity index (χ2n) is 5.07. The molecule has 1 aromatic carbocycles. The second kappa shape index (κ2) is 6.69. The molecule has 0 aliphatic rings. The zero-order chi connectivity index (χ0) is 15.4. The van der Waals surface area contributed by atoms with Gasteiger partial charge in [0.25, 0.3) is 5.91 Å². The number of likely N-dealkylation sites (N-methyl/N-ethyl adjacent to an activating group) is 1. The molecule has 0 atom stereocenters. The average Bonchev–Trinajstić information content (AvgIpc) is 2.86. The molecule has 5 nitrogen and oxygen atoms in total. The van der Waals surface area contributed by atoms with E-state index < -0.39 is 5.97 Å². The summed E-state index contributed by atoms with van der Waals surface area (Å²) >= 11 is 1.50. The first-order valence-corrected chi connectivity index (χ1v) is 7.49. The van der Waals surface area contributed by atoms with Gasteiger partial charge in [0, 0.05) is 28.6 Å². The number of nitrogens with zero attached hydrogens (tertiary/aromatic N) is 2. The van der Waals surface area contributed by atoms with Gasteiger partial charge in [-0.1, -0.05) is 18.2 Å². The zero-order valence-corrected chi connectivity index (χ0v) is 12.9. The minimum atomic E-state index is -0.998. The molecule has 2 aromatic rings. The Balaban J connectivity index is 2.26. The maximum Gasteiger partial charge on any atom is 0.323 e. The number of amides is 1. The van der Waals surface area contributed by atoms with Gasteiger partial charge in [-0.05, 0) is 20.2 Å². The number of fused-ring (bicyclic) bond motifs is 1. The Morgan fingerprint density at radius 3 is 2.57 bits per heavy atom. The van der Waals surface area contributed by atoms with Crippen molar-refractivity contribution in [2.75, 3.05) is 33.7 Å². The smallest absolute Gasteiger partial charge is 0.323 e. The van der Waals surface area contributed by atoms with Crippen LogP contribution in [0, 0.1) is 0 Å². The maximum absolute atomic E-state index is 12.6. The Labute approximate surface area is 127 Å². The van der Waals surface area contributed by atoms with E-state index in [1.54, 1.807) is 5.38 Å². The van der Waals surface area contributed by atoms with Gasteiger partial charge in [0.05, 0.1) is 5.56 Å². The highest BCUT2D eigenvalue weighted by atomic mass is 32.1. The molecule has 0 spiro atoms. The van der Waals surface area contributed by atoms with E-state index >= 15 is 0 Å². The highest BCUT2D eigenvalue weighted by Crippen LogP contribution is 2.26. The molecule has 112 valence electrons. The molecule has 21 heavy (non-hydrogen) atoms. The molecule has 1 N–H and O–H groups in total. The normalized spacial score (nSPS) is 11.0. The number of aliphatic carboxylic acids is 1. The number of hydrogen-bond acceptors (Lipinski definition) is 4. The lowest BCUT2D eigenvalue weighted by molar-refractivity contribution is -0.137. The number of hydrogen-bond donors (Lipinski definition) is 1. The molecule has 0 saturated heterocycles. The fourth-order valence-electron chi connectivity index (χ4n) is 2.05. The number of thiophene rings is 1. The van der Waals surface area contributed by atoms with Crippen LogP contribution in [0.4, 0.5) is 0 Å². The number of benzene rings is 1. The van der Waals surface area contributed by atoms with Crippen molar-refractivity contribution in [3.05, 3.63) is 35.2 Å². The van der Waals surface area contributed by atoms with Gasteiger partial charge in [0.2, 0.25) is 0 Å². The highest BCUT2D eigenvalue weighted by Gasteiger charge is 2.21. The second-order valence-corrected chi connectivity index (χ2v) is 5.98. The van der Waals surface area contributed by atoms with Crippen LogP contribution in [-0.4, -0.2) is 60.5 Å². The van der Waals surface area contributed by atoms with Crippen LogP contribution >= 0.6 is 11.3 Å². The van der Waals surface area contributed by atoms with Crippen LogP contribution in [0.1, 0.15) is 10.4 Å². The fourth-order valence-corrected chi connectivity index (χ4v) is 2.98. The summed E-state index contributed by atoms with van der Waals surface area (Å²) in [6.45, 7) is 0.736. The van der Waals surface area contributed by atoms with Crippen LogP contribution in [0.25, 0.3) is 10.1 Å². The van der Waals surface area contributed by atoms with Crippen LogP contribution in [0.3, 0.4) is 0 Å². The van der Waals surface area contributed by atoms with Crippen molar-refractivity contribution in [3.63, 3.8) is 0 Å². The van der Waals surface area contributed by atoms with E-state index in [1.165, 1.54) is 16.2 Å². The minimum Gasteiger partial charge on any atom is -0.480 e. The molecular formula is C15H18N2O3S. The van der Waals surface area contributed by atoms with Crippen LogP contribution in [0.15, 0.2) is 29.6 Å². The topological polar surface area (TPSA) is 60.9 Å². The molecule has 0 saturated carbocycles. The average molecular weight is 306 g/mol. The van der Waals surface area contributed by atoms with Gasteiger partial charge in [0.1, 0.15) is 6.54 Å². The molecule has 0 aliphatic heterocycles. The van der Waals surface area contributed by atoms with Crippen molar-refractivity contribution < 1.29 is 14.7 Å². The highest BCUT2D eigenvalue weighted by molar-refractivity contribution is 7.17. The SMILES string of the molecule is CN(C)CCN(CC(=O)O)C(=O)c1csc2ccccc12. The quantitative estimate of drug-likeness (QED) is 0.886. The largest absolute Gasteiger partial charge is 0.480 e. The molecule has 0 bridgehead atoms. The van der Waals surface area contributed by atoms with Gasteiger partial charge in [-0.3, -0.25) is 9.59 Å². The summed E-state index contributed by atoms with van der Waals surface area (Å²) in [4.78, 5) is 26.9. The maximum atomic E-state index is 12.6. The third-order valence-corrected chi connectivity index (χ3v) is 4.11. The van der Waals surface area contributed by atoms with E-state index in [4.69, 9.17) is 5.11 Å². The summed E-state index contributed by atoms with van der Waals surface area (Å²) in [6, 6.07) is 7.66. The Kier molecular flexibility index (Phi) is 4.93. The zero-order valence-electron chi connectivity index (χ0n) is 12.1. The number of carboxylic acids is 1. The van der Waals surface area contributed by atoms with E-state index in [0.717, 1.165) is 10.1 Å². The van der Waals surface area contributed by atoms with Crippen LogP contribution in [-0.2, 0) is 4.79 Å². The van der Waals surface area contributed by atoms with Crippen LogP contribution in [0.5, 0.6) is 0 Å². The third kappa shape index (κ3) is 3.80. The molecule has 0 unspecified atom stereocenters. The third-order valence-electron chi connectivity index (χ3n) is 3.14. The van der Waals surface area contributed by atoms with Gasteiger partial charge in [0.15, 0.2) is 0 Å². The fraction of sp³-hybridized carbons (Fsp3) is 0.333. The predicted molar refractivity (Wildman–Crippen MR) is 83.9 cm³/mol. The molecule has 0 radical (unpaired) electrons. The lowest BCUT2D eigenvalue weighted by Crippen LogP contribution is -2.39. The van der Waals surface area contributed by atoms with E-state index in [1.807, 2.05) is 43.3 Å². The molecule has 1 amide bonds. The van der Waals surface area contributed by atoms with Crippen molar-refractivity contribution in [2.24, 2.45) is 0 Å². The molecule has 2 rings (SSSR count). The van der Waals surface area contributed by atoms with Gasteiger partial charge < -0.3 is 14.9 Å². The summed E-state index contributed by atoms with van der Waals surface area (Å²) in [5.74, 6) is -1.22. The van der Waals surface area contributed by atoms with E-state index in [-0.39, 0.29) is 12.5 Å². The molecule has 0 fully saturated rings. The van der Waals surface area contributed by atoms with Crippen molar-refractivity contribution in [1.29, 1.82) is 0 Å². The number of rotatable bonds is 6. The van der Waals surface area contributed by atoms with Gasteiger partial charge in [-0.2, -0.15) is 0 Å². The summed E-state index contributed by atoms with van der Waals surface area (Å²) in [7, 11) is 3.78. The van der Waals surface area contributed by atoms with Crippen molar-refractivity contribution >= 4 is 33.3 Å². The van der Waals surface area contributed by atoms with E-state index in [0.29, 0.717) is 18.7 Å². The van der Waals surface area contributed by atoms with E-state index in [2.05, 4.69) is 0 Å². The van der Waals surface area contributed by atoms with Crippen LogP contribution < -0.4 is 0 Å². The summed E-state index contributed by atoms with van der Waals surface area (Å²) in [6.07, 6.45) is 0. The Bertz CT molecular complexity index is 651. The molecule has 6 heteroatoms. The Hall–Kier alpha value is -1.92. The van der Waals surface area contributed by atoms with Crippen molar-refractivity contribution in [2.45, 2.75) is 0 Å². The molecular weight excluding hydrogens is 288 g/mol. The lowest BCUT2D eigenvalue weighted by atomic mass is 10.1. The molecule has 1 aromatic heterocycles. The van der Waals surface area contributed by atoms with Gasteiger partial charge >= 0.3 is 5.97 Å². The lowest BCUT2D eigenvalue weighted by Gasteiger charge is -2.22. The van der Waals surface area contributed by atoms with Gasteiger partial charge in [-0.15, -0.1) is 11.3 Å². The Morgan fingerprint density at radius 1 is 1.19 bits per heavy atom. The molecule has 0 aliphatic carbocycles. The predicted octanol–water partition coefficient (Wildman–Crippen LogP) is 1.99. The number of carbonyl (C=O) groups is 2. The minimum absolute atomic E-state index is 0.225. The van der Waals surface area contributed by atoms with Crippen molar-refractivity contribution in [1.82, 2.24) is 9.80 Å². The summed E-state index contributed by atoms with van der Waals surface area (Å²) < 4.78 is 1.03. The Morgan fingerprint density at radius 2 is 1.90 bits per heavy atom. The first kappa shape index (κ1) is 15.5.